The van der Waals surface area contributed by atoms with Gasteiger partial charge in [-0.3, -0.25) is 4.79 Å². The van der Waals surface area contributed by atoms with Crippen molar-refractivity contribution in [2.75, 3.05) is 6.54 Å². The Bertz CT molecular complexity index is 489. The summed E-state index contributed by atoms with van der Waals surface area (Å²) in [5.74, 6) is 0.0767. The van der Waals surface area contributed by atoms with Gasteiger partial charge >= 0.3 is 0 Å². The van der Waals surface area contributed by atoms with Crippen LogP contribution in [0.1, 0.15) is 23.7 Å². The molecule has 5 heteroatoms. The van der Waals surface area contributed by atoms with E-state index in [1.165, 1.54) is 0 Å². The zero-order valence-electron chi connectivity index (χ0n) is 9.11. The Hall–Kier alpha value is -1.96. The second kappa shape index (κ2) is 5.94. The van der Waals surface area contributed by atoms with Crippen molar-refractivity contribution in [1.82, 2.24) is 5.32 Å². The van der Waals surface area contributed by atoms with Crippen molar-refractivity contribution < 1.29 is 18.0 Å². The lowest BCUT2D eigenvalue weighted by atomic mass is 10.2. The van der Waals surface area contributed by atoms with Crippen LogP contribution in [-0.4, -0.2) is 12.5 Å². The summed E-state index contributed by atoms with van der Waals surface area (Å²) in [6.07, 6.45) is 0.410. The SMILES string of the molecule is CC#CCCNC(=O)c1ccc(F)c(F)c1F. The molecule has 17 heavy (non-hydrogen) atoms. The third kappa shape index (κ3) is 3.25. The molecule has 0 saturated carbocycles. The van der Waals surface area contributed by atoms with Crippen LogP contribution in [0.25, 0.3) is 0 Å². The van der Waals surface area contributed by atoms with Gasteiger partial charge in [-0.15, -0.1) is 11.8 Å². The van der Waals surface area contributed by atoms with E-state index in [1.54, 1.807) is 6.92 Å². The third-order valence-corrected chi connectivity index (χ3v) is 1.99. The Balaban J connectivity index is 2.75. The lowest BCUT2D eigenvalue weighted by molar-refractivity contribution is 0.0949. The van der Waals surface area contributed by atoms with Crippen LogP contribution in [-0.2, 0) is 0 Å². The molecule has 1 rings (SSSR count). The van der Waals surface area contributed by atoms with Crippen LogP contribution in [0.4, 0.5) is 13.2 Å². The molecule has 0 aliphatic rings. The first-order chi connectivity index (χ1) is 8.07. The maximum atomic E-state index is 13.2. The van der Waals surface area contributed by atoms with Gasteiger partial charge in [-0.1, -0.05) is 0 Å². The van der Waals surface area contributed by atoms with E-state index in [1.807, 2.05) is 0 Å². The number of carbonyl (C=O) groups excluding carboxylic acids is 1. The molecule has 0 atom stereocenters. The quantitative estimate of drug-likeness (QED) is 0.491. The summed E-state index contributed by atoms with van der Waals surface area (Å²) in [5, 5.41) is 2.35. The molecule has 90 valence electrons. The topological polar surface area (TPSA) is 29.1 Å². The van der Waals surface area contributed by atoms with Gasteiger partial charge in [0.1, 0.15) is 0 Å². The molecule has 0 radical (unpaired) electrons. The fourth-order valence-electron chi connectivity index (χ4n) is 1.16. The minimum Gasteiger partial charge on any atom is -0.351 e. The Morgan fingerprint density at radius 3 is 2.65 bits per heavy atom. The van der Waals surface area contributed by atoms with Gasteiger partial charge in [-0.2, -0.15) is 0 Å². The maximum Gasteiger partial charge on any atom is 0.254 e. The minimum absolute atomic E-state index is 0.220. The molecule has 0 saturated heterocycles. The van der Waals surface area contributed by atoms with Crippen molar-refractivity contribution in [1.29, 1.82) is 0 Å². The lowest BCUT2D eigenvalue weighted by Gasteiger charge is -2.05. The predicted molar refractivity (Wildman–Crippen MR) is 56.7 cm³/mol. The zero-order chi connectivity index (χ0) is 12.8. The molecule has 1 amide bonds. The van der Waals surface area contributed by atoms with Gasteiger partial charge in [-0.05, 0) is 19.1 Å². The van der Waals surface area contributed by atoms with E-state index in [9.17, 15) is 18.0 Å². The Labute approximate surface area is 96.8 Å². The first kappa shape index (κ1) is 13.1. The van der Waals surface area contributed by atoms with E-state index in [0.717, 1.165) is 6.07 Å². The molecular weight excluding hydrogens is 231 g/mol. The molecule has 2 nitrogen and oxygen atoms in total. The molecule has 1 N–H and O–H groups in total. The van der Waals surface area contributed by atoms with Gasteiger partial charge in [0.05, 0.1) is 5.56 Å². The molecule has 1 aromatic carbocycles. The summed E-state index contributed by atoms with van der Waals surface area (Å²) in [6.45, 7) is 1.87. The van der Waals surface area contributed by atoms with Crippen LogP contribution in [0.15, 0.2) is 12.1 Å². The van der Waals surface area contributed by atoms with Crippen molar-refractivity contribution in [2.45, 2.75) is 13.3 Å². The Kier molecular flexibility index (Phi) is 4.58. The van der Waals surface area contributed by atoms with Crippen LogP contribution in [0.2, 0.25) is 0 Å². The summed E-state index contributed by atoms with van der Waals surface area (Å²) in [5.41, 5.74) is -0.520. The van der Waals surface area contributed by atoms with Crippen LogP contribution in [0, 0.1) is 29.3 Å². The highest BCUT2D eigenvalue weighted by Crippen LogP contribution is 2.14. The number of nitrogens with one attached hydrogen (secondary N) is 1. The molecule has 0 bridgehead atoms. The molecule has 0 aromatic heterocycles. The molecule has 1 aromatic rings. The summed E-state index contributed by atoms with van der Waals surface area (Å²) < 4.78 is 38.6. The summed E-state index contributed by atoms with van der Waals surface area (Å²) in [7, 11) is 0. The fraction of sp³-hybridized carbons (Fsp3) is 0.250. The zero-order valence-corrected chi connectivity index (χ0v) is 9.11. The molecular formula is C12H10F3NO. The summed E-state index contributed by atoms with van der Waals surface area (Å²) >= 11 is 0. The number of rotatable bonds is 3. The third-order valence-electron chi connectivity index (χ3n) is 1.99. The van der Waals surface area contributed by atoms with E-state index in [-0.39, 0.29) is 6.54 Å². The highest BCUT2D eigenvalue weighted by molar-refractivity contribution is 5.94. The van der Waals surface area contributed by atoms with E-state index in [4.69, 9.17) is 0 Å². The standard InChI is InChI=1S/C12H10F3NO/c1-2-3-4-7-16-12(17)8-5-6-9(13)11(15)10(8)14/h5-6H,4,7H2,1H3,(H,16,17). The van der Waals surface area contributed by atoms with Crippen molar-refractivity contribution >= 4 is 5.91 Å². The summed E-state index contributed by atoms with van der Waals surface area (Å²) in [6, 6.07) is 1.60. The number of halogens is 3. The smallest absolute Gasteiger partial charge is 0.254 e. The molecule has 0 spiro atoms. The van der Waals surface area contributed by atoms with Gasteiger partial charge in [0.2, 0.25) is 0 Å². The number of carbonyl (C=O) groups is 1. The van der Waals surface area contributed by atoms with Gasteiger partial charge in [0.25, 0.3) is 5.91 Å². The first-order valence-electron chi connectivity index (χ1n) is 4.89. The number of benzene rings is 1. The normalized spacial score (nSPS) is 9.41. The molecule has 0 heterocycles. The highest BCUT2D eigenvalue weighted by Gasteiger charge is 2.18. The average Bonchev–Trinajstić information content (AvgIpc) is 2.31. The van der Waals surface area contributed by atoms with Crippen LogP contribution in [0.5, 0.6) is 0 Å². The fourth-order valence-corrected chi connectivity index (χ4v) is 1.16. The Morgan fingerprint density at radius 1 is 1.29 bits per heavy atom. The van der Waals surface area contributed by atoms with E-state index < -0.39 is 28.9 Å². The van der Waals surface area contributed by atoms with Crippen LogP contribution in [0.3, 0.4) is 0 Å². The second-order valence-corrected chi connectivity index (χ2v) is 3.16. The number of amides is 1. The van der Waals surface area contributed by atoms with E-state index >= 15 is 0 Å². The number of hydrogen-bond donors (Lipinski definition) is 1. The van der Waals surface area contributed by atoms with Gasteiger partial charge in [0, 0.05) is 13.0 Å². The Morgan fingerprint density at radius 2 is 2.00 bits per heavy atom. The maximum absolute atomic E-state index is 13.2. The summed E-state index contributed by atoms with van der Waals surface area (Å²) in [4.78, 5) is 11.4. The predicted octanol–water partition coefficient (Wildman–Crippen LogP) is 2.25. The highest BCUT2D eigenvalue weighted by atomic mass is 19.2. The lowest BCUT2D eigenvalue weighted by Crippen LogP contribution is -2.25. The van der Waals surface area contributed by atoms with E-state index in [0.29, 0.717) is 12.5 Å². The van der Waals surface area contributed by atoms with Crippen molar-refractivity contribution in [2.24, 2.45) is 0 Å². The van der Waals surface area contributed by atoms with Gasteiger partial charge < -0.3 is 5.32 Å². The molecule has 0 fully saturated rings. The van der Waals surface area contributed by atoms with Crippen LogP contribution < -0.4 is 5.32 Å². The monoisotopic (exact) mass is 241 g/mol. The van der Waals surface area contributed by atoms with Gasteiger partial charge in [0.15, 0.2) is 17.5 Å². The molecule has 0 aliphatic carbocycles. The molecule has 0 aliphatic heterocycles. The first-order valence-corrected chi connectivity index (χ1v) is 4.89. The minimum atomic E-state index is -1.65. The van der Waals surface area contributed by atoms with Crippen molar-refractivity contribution in [3.63, 3.8) is 0 Å². The van der Waals surface area contributed by atoms with Crippen LogP contribution >= 0.6 is 0 Å². The molecule has 0 unspecified atom stereocenters. The van der Waals surface area contributed by atoms with Crippen molar-refractivity contribution in [3.8, 4) is 11.8 Å². The van der Waals surface area contributed by atoms with E-state index in [2.05, 4.69) is 17.2 Å². The number of hydrogen-bond acceptors (Lipinski definition) is 1. The largest absolute Gasteiger partial charge is 0.351 e. The van der Waals surface area contributed by atoms with Crippen molar-refractivity contribution in [3.05, 3.63) is 35.1 Å². The van der Waals surface area contributed by atoms with Gasteiger partial charge in [-0.25, -0.2) is 13.2 Å². The second-order valence-electron chi connectivity index (χ2n) is 3.16. The average molecular weight is 241 g/mol.